The topological polar surface area (TPSA) is 54.4 Å². The molecular weight excluding hydrogens is 160 g/mol. The number of rotatable bonds is 3. The zero-order valence-electron chi connectivity index (χ0n) is 4.53. The van der Waals surface area contributed by atoms with Crippen molar-refractivity contribution in [1.82, 2.24) is 0 Å². The average molecular weight is 166 g/mol. The molecule has 0 spiro atoms. The predicted molar refractivity (Wildman–Crippen MR) is 39.0 cm³/mol. The highest BCUT2D eigenvalue weighted by Gasteiger charge is 2.02. The molecule has 0 fully saturated rings. The Morgan fingerprint density at radius 3 is 2.44 bits per heavy atom. The summed E-state index contributed by atoms with van der Waals surface area (Å²) in [5.74, 6) is -1.05. The fourth-order valence-corrected chi connectivity index (χ4v) is 0.837. The lowest BCUT2D eigenvalue weighted by atomic mass is 10.8. The van der Waals surface area contributed by atoms with Crippen molar-refractivity contribution >= 4 is 35.5 Å². The van der Waals surface area contributed by atoms with Crippen LogP contribution < -0.4 is 0 Å². The molecule has 0 saturated carbocycles. The third-order valence-corrected chi connectivity index (χ3v) is 1.84. The Morgan fingerprint density at radius 1 is 1.56 bits per heavy atom. The van der Waals surface area contributed by atoms with Crippen molar-refractivity contribution in [2.45, 2.75) is 0 Å². The monoisotopic (exact) mass is 166 g/mol. The Bertz CT molecular complexity index is 123. The first-order chi connectivity index (χ1) is 4.16. The van der Waals surface area contributed by atoms with Crippen LogP contribution in [0.5, 0.6) is 0 Å². The number of carboxylic acids is 1. The molecule has 0 amide bonds. The number of carboxylic acid groups (broad SMARTS) is 1. The normalized spacial score (nSPS) is 9.00. The molecule has 0 unspecified atom stereocenters. The van der Waals surface area contributed by atoms with E-state index < -0.39 is 5.97 Å². The van der Waals surface area contributed by atoms with E-state index >= 15 is 0 Å². The Hall–Kier alpha value is -0.160. The van der Waals surface area contributed by atoms with Crippen LogP contribution in [0.15, 0.2) is 0 Å². The fourth-order valence-electron chi connectivity index (χ4n) is 0.188. The third kappa shape index (κ3) is 5.72. The van der Waals surface area contributed by atoms with Gasteiger partial charge in [-0.1, -0.05) is 11.8 Å². The number of thioether (sulfide) groups is 1. The van der Waals surface area contributed by atoms with Crippen LogP contribution in [-0.2, 0) is 9.59 Å². The number of aliphatic carboxylic acids is 1. The summed E-state index contributed by atoms with van der Waals surface area (Å²) in [6.07, 6.45) is 0. The largest absolute Gasteiger partial charge is 0.481 e. The van der Waals surface area contributed by atoms with E-state index in [4.69, 9.17) is 5.11 Å². The summed E-state index contributed by atoms with van der Waals surface area (Å²) >= 11 is 4.42. The average Bonchev–Trinajstić information content (AvgIpc) is 1.83. The zero-order chi connectivity index (χ0) is 7.28. The van der Waals surface area contributed by atoms with Gasteiger partial charge in [-0.05, 0) is 0 Å². The maximum atomic E-state index is 10.3. The van der Waals surface area contributed by atoms with Crippen molar-refractivity contribution in [1.29, 1.82) is 0 Å². The Labute approximate surface area is 62.2 Å². The molecule has 9 heavy (non-hydrogen) atoms. The third-order valence-electron chi connectivity index (χ3n) is 0.486. The summed E-state index contributed by atoms with van der Waals surface area (Å²) in [7, 11) is 0. The Kier molecular flexibility index (Phi) is 4.61. The van der Waals surface area contributed by atoms with Crippen LogP contribution in [0, 0.1) is 0 Å². The summed E-state index contributed by atoms with van der Waals surface area (Å²) in [5, 5.41) is 7.85. The lowest BCUT2D eigenvalue weighted by Crippen LogP contribution is -2.02. The molecule has 3 nitrogen and oxygen atoms in total. The van der Waals surface area contributed by atoms with Crippen molar-refractivity contribution in [3.05, 3.63) is 0 Å². The molecule has 0 aromatic heterocycles. The van der Waals surface area contributed by atoms with Gasteiger partial charge in [0, 0.05) is 0 Å². The van der Waals surface area contributed by atoms with Crippen LogP contribution in [0.3, 0.4) is 0 Å². The quantitative estimate of drug-likeness (QED) is 0.590. The van der Waals surface area contributed by atoms with E-state index in [1.54, 1.807) is 0 Å². The molecule has 5 heteroatoms. The van der Waals surface area contributed by atoms with Gasteiger partial charge in [0.1, 0.15) is 0 Å². The van der Waals surface area contributed by atoms with Crippen molar-refractivity contribution < 1.29 is 14.7 Å². The molecule has 0 aliphatic rings. The lowest BCUT2D eigenvalue weighted by molar-refractivity contribution is -0.134. The van der Waals surface area contributed by atoms with Crippen LogP contribution in [0.1, 0.15) is 0 Å². The molecule has 0 radical (unpaired) electrons. The molecule has 1 N–H and O–H groups in total. The van der Waals surface area contributed by atoms with Crippen molar-refractivity contribution in [2.24, 2.45) is 0 Å². The van der Waals surface area contributed by atoms with Crippen molar-refractivity contribution in [2.75, 3.05) is 11.5 Å². The number of hydrogen-bond donors (Lipinski definition) is 2. The lowest BCUT2D eigenvalue weighted by Gasteiger charge is -1.89. The van der Waals surface area contributed by atoms with Gasteiger partial charge in [0.15, 0.2) is 5.12 Å². The van der Waals surface area contributed by atoms with E-state index in [2.05, 4.69) is 12.6 Å². The molecule has 0 aromatic carbocycles. The van der Waals surface area contributed by atoms with Crippen LogP contribution in [0.25, 0.3) is 0 Å². The fraction of sp³-hybridized carbons (Fsp3) is 0.500. The van der Waals surface area contributed by atoms with Gasteiger partial charge in [-0.15, -0.1) is 0 Å². The van der Waals surface area contributed by atoms with E-state index in [0.29, 0.717) is 0 Å². The van der Waals surface area contributed by atoms with Gasteiger partial charge in [0.25, 0.3) is 0 Å². The van der Waals surface area contributed by atoms with Gasteiger partial charge in [0.05, 0.1) is 11.5 Å². The molecule has 0 rings (SSSR count). The second-order valence-corrected chi connectivity index (χ2v) is 2.56. The standard InChI is InChI=1S/C4H6O3S2/c5-3(6)2-9-4(7)1-8/h8H,1-2H2,(H,5,6). The SMILES string of the molecule is O=C(O)CSC(=O)CS. The molecule has 0 aliphatic heterocycles. The van der Waals surface area contributed by atoms with Gasteiger partial charge < -0.3 is 5.11 Å². The summed E-state index contributed by atoms with van der Waals surface area (Å²) < 4.78 is 0. The molecule has 0 atom stereocenters. The molecular formula is C4H6O3S2. The van der Waals surface area contributed by atoms with Gasteiger partial charge in [-0.3, -0.25) is 9.59 Å². The predicted octanol–water partition coefficient (Wildman–Crippen LogP) is 0.261. The number of carbonyl (C=O) groups is 2. The van der Waals surface area contributed by atoms with Gasteiger partial charge in [-0.2, -0.15) is 12.6 Å². The first kappa shape index (κ1) is 8.84. The minimum Gasteiger partial charge on any atom is -0.481 e. The number of carbonyl (C=O) groups excluding carboxylic acids is 1. The second-order valence-electron chi connectivity index (χ2n) is 1.21. The molecule has 0 heterocycles. The molecule has 0 aromatic rings. The van der Waals surface area contributed by atoms with E-state index in [1.807, 2.05) is 0 Å². The van der Waals surface area contributed by atoms with Gasteiger partial charge >= 0.3 is 5.97 Å². The molecule has 0 bridgehead atoms. The summed E-state index contributed by atoms with van der Waals surface area (Å²) in [5.41, 5.74) is 0. The Morgan fingerprint density at radius 2 is 2.11 bits per heavy atom. The maximum Gasteiger partial charge on any atom is 0.313 e. The highest BCUT2D eigenvalue weighted by Crippen LogP contribution is 2.01. The summed E-state index contributed by atoms with van der Waals surface area (Å²) in [6, 6.07) is 0. The zero-order valence-corrected chi connectivity index (χ0v) is 6.24. The smallest absolute Gasteiger partial charge is 0.313 e. The van der Waals surface area contributed by atoms with Crippen LogP contribution in [0.4, 0.5) is 0 Å². The second kappa shape index (κ2) is 4.69. The molecule has 0 saturated heterocycles. The van der Waals surface area contributed by atoms with Crippen LogP contribution in [-0.4, -0.2) is 27.7 Å². The van der Waals surface area contributed by atoms with E-state index in [0.717, 1.165) is 11.8 Å². The first-order valence-electron chi connectivity index (χ1n) is 2.15. The first-order valence-corrected chi connectivity index (χ1v) is 3.77. The van der Waals surface area contributed by atoms with Gasteiger partial charge in [0.2, 0.25) is 0 Å². The van der Waals surface area contributed by atoms with E-state index in [9.17, 15) is 9.59 Å². The van der Waals surface area contributed by atoms with Crippen LogP contribution >= 0.6 is 24.4 Å². The molecule has 52 valence electrons. The maximum absolute atomic E-state index is 10.3. The summed E-state index contributed by atoms with van der Waals surface area (Å²) in [6.45, 7) is 0. The number of hydrogen-bond acceptors (Lipinski definition) is 4. The van der Waals surface area contributed by atoms with Crippen LogP contribution in [0.2, 0.25) is 0 Å². The highest BCUT2D eigenvalue weighted by atomic mass is 32.2. The van der Waals surface area contributed by atoms with E-state index in [-0.39, 0.29) is 16.6 Å². The minimum atomic E-state index is -0.977. The van der Waals surface area contributed by atoms with Crippen molar-refractivity contribution in [3.63, 3.8) is 0 Å². The van der Waals surface area contributed by atoms with Crippen molar-refractivity contribution in [3.8, 4) is 0 Å². The number of thiol groups is 1. The summed E-state index contributed by atoms with van der Waals surface area (Å²) in [4.78, 5) is 20.2. The molecule has 0 aliphatic carbocycles. The Balaban J connectivity index is 3.28. The minimum absolute atomic E-state index is 0.0952. The van der Waals surface area contributed by atoms with Gasteiger partial charge in [-0.25, -0.2) is 0 Å². The van der Waals surface area contributed by atoms with E-state index in [1.165, 1.54) is 0 Å². The highest BCUT2D eigenvalue weighted by molar-refractivity contribution is 8.15.